The lowest BCUT2D eigenvalue weighted by Gasteiger charge is -2.03. The second-order valence-corrected chi connectivity index (χ2v) is 4.38. The molecule has 0 heterocycles. The van der Waals surface area contributed by atoms with E-state index in [0.717, 1.165) is 22.4 Å². The molecule has 2 rings (SSSR count). The van der Waals surface area contributed by atoms with Crippen LogP contribution < -0.4 is 5.73 Å². The Morgan fingerprint density at radius 3 is 2.05 bits per heavy atom. The van der Waals surface area contributed by atoms with Gasteiger partial charge < -0.3 is 10.8 Å². The third-order valence-electron chi connectivity index (χ3n) is 2.91. The highest BCUT2D eigenvalue weighted by molar-refractivity contribution is 5.88. The van der Waals surface area contributed by atoms with Gasteiger partial charge >= 0.3 is 5.97 Å². The van der Waals surface area contributed by atoms with Gasteiger partial charge in [-0.3, -0.25) is 0 Å². The van der Waals surface area contributed by atoms with Crippen molar-refractivity contribution in [3.8, 4) is 0 Å². The van der Waals surface area contributed by atoms with Gasteiger partial charge in [0.25, 0.3) is 0 Å². The molecular formula is C16H15NO2. The SMILES string of the molecule is C/C(=C\c1ccc(C(=O)O)cc1)c1ccc(N)cc1. The molecule has 0 aliphatic rings. The number of nitrogens with two attached hydrogens (primary N) is 1. The van der Waals surface area contributed by atoms with Crippen molar-refractivity contribution in [3.05, 3.63) is 65.2 Å². The molecule has 0 atom stereocenters. The first-order chi connectivity index (χ1) is 9.06. The number of aromatic carboxylic acids is 1. The third-order valence-corrected chi connectivity index (χ3v) is 2.91. The van der Waals surface area contributed by atoms with E-state index in [4.69, 9.17) is 10.8 Å². The fourth-order valence-electron chi connectivity index (χ4n) is 1.80. The normalized spacial score (nSPS) is 11.3. The Bertz CT molecular complexity index is 610. The zero-order valence-corrected chi connectivity index (χ0v) is 10.6. The van der Waals surface area contributed by atoms with Gasteiger partial charge in [-0.05, 0) is 47.9 Å². The highest BCUT2D eigenvalue weighted by Crippen LogP contribution is 2.19. The standard InChI is InChI=1S/C16H15NO2/c1-11(13-6-8-15(17)9-7-13)10-12-2-4-14(5-3-12)16(18)19/h2-10H,17H2,1H3,(H,18,19)/b11-10+. The van der Waals surface area contributed by atoms with E-state index < -0.39 is 5.97 Å². The molecule has 0 saturated heterocycles. The van der Waals surface area contributed by atoms with Crippen molar-refractivity contribution in [2.45, 2.75) is 6.92 Å². The van der Waals surface area contributed by atoms with Crippen LogP contribution in [0.15, 0.2) is 48.5 Å². The summed E-state index contributed by atoms with van der Waals surface area (Å²) in [7, 11) is 0. The van der Waals surface area contributed by atoms with Gasteiger partial charge in [-0.25, -0.2) is 4.79 Å². The van der Waals surface area contributed by atoms with E-state index in [1.165, 1.54) is 0 Å². The van der Waals surface area contributed by atoms with E-state index in [1.807, 2.05) is 37.3 Å². The predicted molar refractivity (Wildman–Crippen MR) is 77.8 cm³/mol. The predicted octanol–water partition coefficient (Wildman–Crippen LogP) is 3.53. The van der Waals surface area contributed by atoms with E-state index in [9.17, 15) is 4.79 Å². The van der Waals surface area contributed by atoms with Crippen molar-refractivity contribution in [3.63, 3.8) is 0 Å². The summed E-state index contributed by atoms with van der Waals surface area (Å²) in [6.07, 6.45) is 2.01. The maximum Gasteiger partial charge on any atom is 0.335 e. The smallest absolute Gasteiger partial charge is 0.335 e. The van der Waals surface area contributed by atoms with Gasteiger partial charge in [0.1, 0.15) is 0 Å². The van der Waals surface area contributed by atoms with Crippen LogP contribution in [-0.4, -0.2) is 11.1 Å². The molecule has 0 bridgehead atoms. The lowest BCUT2D eigenvalue weighted by Crippen LogP contribution is -1.94. The summed E-state index contributed by atoms with van der Waals surface area (Å²) in [5.41, 5.74) is 9.85. The van der Waals surface area contributed by atoms with Crippen LogP contribution in [0.2, 0.25) is 0 Å². The van der Waals surface area contributed by atoms with Crippen LogP contribution in [0.3, 0.4) is 0 Å². The quantitative estimate of drug-likeness (QED) is 0.649. The molecule has 0 amide bonds. The van der Waals surface area contributed by atoms with Gasteiger partial charge in [0.15, 0.2) is 0 Å². The maximum absolute atomic E-state index is 10.8. The second-order valence-electron chi connectivity index (χ2n) is 4.38. The van der Waals surface area contributed by atoms with Crippen LogP contribution in [0.4, 0.5) is 5.69 Å². The lowest BCUT2D eigenvalue weighted by atomic mass is 10.0. The van der Waals surface area contributed by atoms with Crippen LogP contribution in [0.25, 0.3) is 11.6 Å². The molecule has 0 fully saturated rings. The number of anilines is 1. The summed E-state index contributed by atoms with van der Waals surface area (Å²) >= 11 is 0. The summed E-state index contributed by atoms with van der Waals surface area (Å²) in [6, 6.07) is 14.4. The van der Waals surface area contributed by atoms with Crippen LogP contribution in [0.5, 0.6) is 0 Å². The van der Waals surface area contributed by atoms with Crippen molar-refractivity contribution >= 4 is 23.3 Å². The molecule has 0 radical (unpaired) electrons. The van der Waals surface area contributed by atoms with E-state index in [0.29, 0.717) is 5.56 Å². The monoisotopic (exact) mass is 253 g/mol. The minimum Gasteiger partial charge on any atom is -0.478 e. The number of nitrogen functional groups attached to an aromatic ring is 1. The van der Waals surface area contributed by atoms with Crippen molar-refractivity contribution < 1.29 is 9.90 Å². The fraction of sp³-hybridized carbons (Fsp3) is 0.0625. The average Bonchev–Trinajstić information content (AvgIpc) is 2.40. The van der Waals surface area contributed by atoms with E-state index >= 15 is 0 Å². The molecule has 0 spiro atoms. The summed E-state index contributed by atoms with van der Waals surface area (Å²) in [5, 5.41) is 8.83. The van der Waals surface area contributed by atoms with E-state index in [2.05, 4.69) is 0 Å². The van der Waals surface area contributed by atoms with Crippen LogP contribution in [0.1, 0.15) is 28.4 Å². The molecule has 96 valence electrons. The van der Waals surface area contributed by atoms with Crippen molar-refractivity contribution in [2.24, 2.45) is 0 Å². The van der Waals surface area contributed by atoms with Gasteiger partial charge in [-0.2, -0.15) is 0 Å². The Morgan fingerprint density at radius 2 is 1.53 bits per heavy atom. The molecule has 2 aromatic rings. The molecule has 3 heteroatoms. The number of carboxylic acids is 1. The van der Waals surface area contributed by atoms with Crippen LogP contribution in [-0.2, 0) is 0 Å². The molecule has 2 aromatic carbocycles. The van der Waals surface area contributed by atoms with Crippen LogP contribution >= 0.6 is 0 Å². The number of carbonyl (C=O) groups is 1. The topological polar surface area (TPSA) is 63.3 Å². The minimum atomic E-state index is -0.911. The Hall–Kier alpha value is -2.55. The lowest BCUT2D eigenvalue weighted by molar-refractivity contribution is 0.0697. The van der Waals surface area contributed by atoms with Gasteiger partial charge in [0.2, 0.25) is 0 Å². The summed E-state index contributed by atoms with van der Waals surface area (Å²) in [5.74, 6) is -0.911. The van der Waals surface area contributed by atoms with Gasteiger partial charge in [0, 0.05) is 5.69 Å². The molecule has 0 unspecified atom stereocenters. The molecule has 0 aromatic heterocycles. The summed E-state index contributed by atoms with van der Waals surface area (Å²) < 4.78 is 0. The van der Waals surface area contributed by atoms with Crippen LogP contribution in [0, 0.1) is 0 Å². The molecule has 0 saturated carbocycles. The number of carboxylic acid groups (broad SMARTS) is 1. The second kappa shape index (κ2) is 5.40. The Morgan fingerprint density at radius 1 is 1.00 bits per heavy atom. The van der Waals surface area contributed by atoms with Crippen molar-refractivity contribution in [1.29, 1.82) is 0 Å². The fourth-order valence-corrected chi connectivity index (χ4v) is 1.80. The Labute approximate surface area is 112 Å². The average molecular weight is 253 g/mol. The minimum absolute atomic E-state index is 0.294. The number of hydrogen-bond acceptors (Lipinski definition) is 2. The first kappa shape index (κ1) is 12.9. The first-order valence-electron chi connectivity index (χ1n) is 5.94. The maximum atomic E-state index is 10.8. The molecule has 0 aliphatic heterocycles. The number of hydrogen-bond donors (Lipinski definition) is 2. The van der Waals surface area contributed by atoms with Gasteiger partial charge in [0.05, 0.1) is 5.56 Å². The Kier molecular flexibility index (Phi) is 3.66. The number of allylic oxidation sites excluding steroid dienone is 1. The number of benzene rings is 2. The molecule has 19 heavy (non-hydrogen) atoms. The van der Waals surface area contributed by atoms with E-state index in [-0.39, 0.29) is 0 Å². The van der Waals surface area contributed by atoms with Crippen molar-refractivity contribution in [2.75, 3.05) is 5.73 Å². The van der Waals surface area contributed by atoms with Crippen molar-refractivity contribution in [1.82, 2.24) is 0 Å². The Balaban J connectivity index is 2.25. The third kappa shape index (κ3) is 3.22. The first-order valence-corrected chi connectivity index (χ1v) is 5.94. The zero-order chi connectivity index (χ0) is 13.8. The highest BCUT2D eigenvalue weighted by atomic mass is 16.4. The molecular weight excluding hydrogens is 238 g/mol. The highest BCUT2D eigenvalue weighted by Gasteiger charge is 2.01. The molecule has 0 aliphatic carbocycles. The number of rotatable bonds is 3. The molecule has 3 nitrogen and oxygen atoms in total. The van der Waals surface area contributed by atoms with Gasteiger partial charge in [-0.1, -0.05) is 30.3 Å². The molecule has 3 N–H and O–H groups in total. The van der Waals surface area contributed by atoms with Gasteiger partial charge in [-0.15, -0.1) is 0 Å². The van der Waals surface area contributed by atoms with E-state index in [1.54, 1.807) is 24.3 Å². The zero-order valence-electron chi connectivity index (χ0n) is 10.6. The summed E-state index contributed by atoms with van der Waals surface area (Å²) in [4.78, 5) is 10.8. The summed E-state index contributed by atoms with van der Waals surface area (Å²) in [6.45, 7) is 2.01. The largest absolute Gasteiger partial charge is 0.478 e.